The van der Waals surface area contributed by atoms with Crippen molar-refractivity contribution in [3.8, 4) is 11.5 Å². The molecule has 106 valence electrons. The van der Waals surface area contributed by atoms with Gasteiger partial charge in [0.05, 0.1) is 0 Å². The lowest BCUT2D eigenvalue weighted by Crippen LogP contribution is -2.17. The Balaban J connectivity index is 2.21. The molecule has 0 aliphatic heterocycles. The summed E-state index contributed by atoms with van der Waals surface area (Å²) in [7, 11) is 0. The third-order valence-electron chi connectivity index (χ3n) is 2.91. The van der Waals surface area contributed by atoms with Crippen LogP contribution >= 0.6 is 11.6 Å². The molecule has 0 saturated carbocycles. The standard InChI is InChI=1S/C16H17ClFNO/c1-10-7-13(17)4-6-15(10)20-16-5-3-12(8-11(2)19)9-14(16)18/h3-7,9,11H,8,19H2,1-2H3. The van der Waals surface area contributed by atoms with Crippen LogP contribution in [0.2, 0.25) is 5.02 Å². The van der Waals surface area contributed by atoms with Crippen molar-refractivity contribution in [2.24, 2.45) is 5.73 Å². The fourth-order valence-electron chi connectivity index (χ4n) is 1.97. The zero-order valence-electron chi connectivity index (χ0n) is 11.5. The zero-order valence-corrected chi connectivity index (χ0v) is 12.2. The van der Waals surface area contributed by atoms with E-state index in [4.69, 9.17) is 22.1 Å². The van der Waals surface area contributed by atoms with Crippen LogP contribution in [0.3, 0.4) is 0 Å². The Morgan fingerprint density at radius 1 is 1.20 bits per heavy atom. The van der Waals surface area contributed by atoms with Gasteiger partial charge in [0, 0.05) is 11.1 Å². The molecule has 2 rings (SSSR count). The van der Waals surface area contributed by atoms with Gasteiger partial charge in [-0.15, -0.1) is 0 Å². The fraction of sp³-hybridized carbons (Fsp3) is 0.250. The molecular weight excluding hydrogens is 277 g/mol. The maximum Gasteiger partial charge on any atom is 0.165 e. The van der Waals surface area contributed by atoms with Crippen molar-refractivity contribution < 1.29 is 9.13 Å². The maximum absolute atomic E-state index is 14.0. The molecule has 4 heteroatoms. The Bertz CT molecular complexity index is 613. The lowest BCUT2D eigenvalue weighted by atomic mass is 10.1. The van der Waals surface area contributed by atoms with Gasteiger partial charge in [-0.05, 0) is 61.7 Å². The molecule has 0 amide bonds. The molecule has 2 N–H and O–H groups in total. The van der Waals surface area contributed by atoms with Crippen molar-refractivity contribution in [1.82, 2.24) is 0 Å². The van der Waals surface area contributed by atoms with Crippen molar-refractivity contribution in [1.29, 1.82) is 0 Å². The normalized spacial score (nSPS) is 12.2. The monoisotopic (exact) mass is 293 g/mol. The molecule has 2 aromatic rings. The summed E-state index contributed by atoms with van der Waals surface area (Å²) in [5.74, 6) is 0.398. The first-order valence-electron chi connectivity index (χ1n) is 6.43. The number of rotatable bonds is 4. The fourth-order valence-corrected chi connectivity index (χ4v) is 2.20. The highest BCUT2D eigenvalue weighted by molar-refractivity contribution is 6.30. The summed E-state index contributed by atoms with van der Waals surface area (Å²) >= 11 is 5.88. The molecule has 0 spiro atoms. The quantitative estimate of drug-likeness (QED) is 0.902. The molecule has 0 aliphatic rings. The van der Waals surface area contributed by atoms with E-state index >= 15 is 0 Å². The van der Waals surface area contributed by atoms with Crippen LogP contribution < -0.4 is 10.5 Å². The first-order chi connectivity index (χ1) is 9.45. The van der Waals surface area contributed by atoms with Gasteiger partial charge in [0.15, 0.2) is 11.6 Å². The van der Waals surface area contributed by atoms with Crippen LogP contribution in [0.4, 0.5) is 4.39 Å². The molecule has 0 heterocycles. The predicted octanol–water partition coefficient (Wildman–Crippen LogP) is 4.47. The second-order valence-electron chi connectivity index (χ2n) is 4.96. The van der Waals surface area contributed by atoms with Crippen LogP contribution in [-0.2, 0) is 6.42 Å². The summed E-state index contributed by atoms with van der Waals surface area (Å²) in [6.07, 6.45) is 0.636. The highest BCUT2D eigenvalue weighted by atomic mass is 35.5. The zero-order chi connectivity index (χ0) is 14.7. The van der Waals surface area contributed by atoms with Crippen LogP contribution in [-0.4, -0.2) is 6.04 Å². The molecule has 0 fully saturated rings. The van der Waals surface area contributed by atoms with E-state index in [9.17, 15) is 4.39 Å². The van der Waals surface area contributed by atoms with Crippen LogP contribution in [0.1, 0.15) is 18.1 Å². The summed E-state index contributed by atoms with van der Waals surface area (Å²) in [5.41, 5.74) is 7.42. The largest absolute Gasteiger partial charge is 0.454 e. The van der Waals surface area contributed by atoms with Gasteiger partial charge in [0.25, 0.3) is 0 Å². The molecule has 0 radical (unpaired) electrons. The minimum absolute atomic E-state index is 0.000298. The van der Waals surface area contributed by atoms with E-state index in [1.807, 2.05) is 19.9 Å². The van der Waals surface area contributed by atoms with Crippen LogP contribution in [0.5, 0.6) is 11.5 Å². The molecule has 0 saturated heterocycles. The molecular formula is C16H17ClFNO. The van der Waals surface area contributed by atoms with Crippen LogP contribution in [0, 0.1) is 12.7 Å². The van der Waals surface area contributed by atoms with E-state index in [1.54, 1.807) is 24.3 Å². The van der Waals surface area contributed by atoms with E-state index in [2.05, 4.69) is 0 Å². The van der Waals surface area contributed by atoms with E-state index in [0.717, 1.165) is 11.1 Å². The molecule has 1 unspecified atom stereocenters. The minimum atomic E-state index is -0.391. The Morgan fingerprint density at radius 2 is 1.90 bits per heavy atom. The topological polar surface area (TPSA) is 35.2 Å². The van der Waals surface area contributed by atoms with E-state index in [0.29, 0.717) is 17.2 Å². The van der Waals surface area contributed by atoms with Crippen LogP contribution in [0.15, 0.2) is 36.4 Å². The summed E-state index contributed by atoms with van der Waals surface area (Å²) in [4.78, 5) is 0. The molecule has 0 bridgehead atoms. The Labute approximate surface area is 123 Å². The first kappa shape index (κ1) is 14.8. The summed E-state index contributed by atoms with van der Waals surface area (Å²) < 4.78 is 19.6. The van der Waals surface area contributed by atoms with Crippen molar-refractivity contribution in [2.45, 2.75) is 26.3 Å². The molecule has 20 heavy (non-hydrogen) atoms. The van der Waals surface area contributed by atoms with Crippen molar-refractivity contribution >= 4 is 11.6 Å². The minimum Gasteiger partial charge on any atom is -0.454 e. The lowest BCUT2D eigenvalue weighted by Gasteiger charge is -2.11. The molecule has 0 aliphatic carbocycles. The average Bonchev–Trinajstić information content (AvgIpc) is 2.34. The molecule has 2 nitrogen and oxygen atoms in total. The maximum atomic E-state index is 14.0. The number of aryl methyl sites for hydroxylation is 1. The molecule has 0 aromatic heterocycles. The third kappa shape index (κ3) is 3.71. The number of nitrogens with two attached hydrogens (primary N) is 1. The number of benzene rings is 2. The third-order valence-corrected chi connectivity index (χ3v) is 3.15. The first-order valence-corrected chi connectivity index (χ1v) is 6.81. The van der Waals surface area contributed by atoms with Gasteiger partial charge < -0.3 is 10.5 Å². The van der Waals surface area contributed by atoms with Crippen LogP contribution in [0.25, 0.3) is 0 Å². The Morgan fingerprint density at radius 3 is 2.50 bits per heavy atom. The van der Waals surface area contributed by atoms with Gasteiger partial charge in [-0.3, -0.25) is 0 Å². The van der Waals surface area contributed by atoms with Crippen molar-refractivity contribution in [3.63, 3.8) is 0 Å². The SMILES string of the molecule is Cc1cc(Cl)ccc1Oc1ccc(CC(C)N)cc1F. The highest BCUT2D eigenvalue weighted by Crippen LogP contribution is 2.29. The van der Waals surface area contributed by atoms with Crippen molar-refractivity contribution in [2.75, 3.05) is 0 Å². The summed E-state index contributed by atoms with van der Waals surface area (Å²) in [6.45, 7) is 3.75. The van der Waals surface area contributed by atoms with Gasteiger partial charge in [0.2, 0.25) is 0 Å². The van der Waals surface area contributed by atoms with Crippen molar-refractivity contribution in [3.05, 3.63) is 58.4 Å². The summed E-state index contributed by atoms with van der Waals surface area (Å²) in [6, 6.07) is 10.1. The second-order valence-corrected chi connectivity index (χ2v) is 5.39. The van der Waals surface area contributed by atoms with Gasteiger partial charge in [-0.25, -0.2) is 4.39 Å². The van der Waals surface area contributed by atoms with Gasteiger partial charge in [-0.1, -0.05) is 17.7 Å². The average molecular weight is 294 g/mol. The van der Waals surface area contributed by atoms with E-state index < -0.39 is 5.82 Å². The number of hydrogen-bond acceptors (Lipinski definition) is 2. The smallest absolute Gasteiger partial charge is 0.165 e. The van der Waals surface area contributed by atoms with Gasteiger partial charge in [-0.2, -0.15) is 0 Å². The molecule has 2 aromatic carbocycles. The lowest BCUT2D eigenvalue weighted by molar-refractivity contribution is 0.439. The van der Waals surface area contributed by atoms with E-state index in [-0.39, 0.29) is 11.8 Å². The highest BCUT2D eigenvalue weighted by Gasteiger charge is 2.09. The van der Waals surface area contributed by atoms with Gasteiger partial charge in [0.1, 0.15) is 5.75 Å². The second kappa shape index (κ2) is 6.25. The van der Waals surface area contributed by atoms with Gasteiger partial charge >= 0.3 is 0 Å². The number of hydrogen-bond donors (Lipinski definition) is 1. The van der Waals surface area contributed by atoms with E-state index in [1.165, 1.54) is 6.07 Å². The predicted molar refractivity (Wildman–Crippen MR) is 80.0 cm³/mol. The molecule has 1 atom stereocenters. The Hall–Kier alpha value is -1.58. The summed E-state index contributed by atoms with van der Waals surface area (Å²) in [5, 5.41) is 0.627. The Kier molecular flexibility index (Phi) is 4.63. The number of halogens is 2. The number of ether oxygens (including phenoxy) is 1.